The lowest BCUT2D eigenvalue weighted by Gasteiger charge is -2.07. The van der Waals surface area contributed by atoms with E-state index >= 15 is 0 Å². The molecule has 2 aromatic heterocycles. The van der Waals surface area contributed by atoms with Crippen LogP contribution in [-0.2, 0) is 12.7 Å². The van der Waals surface area contributed by atoms with Crippen LogP contribution in [0.3, 0.4) is 0 Å². The molecule has 5 nitrogen and oxygen atoms in total. The van der Waals surface area contributed by atoms with Crippen LogP contribution in [0.1, 0.15) is 16.2 Å². The van der Waals surface area contributed by atoms with Crippen LogP contribution in [0.5, 0.6) is 0 Å². The van der Waals surface area contributed by atoms with Crippen LogP contribution in [0, 0.1) is 0 Å². The van der Waals surface area contributed by atoms with Crippen LogP contribution in [-0.4, -0.2) is 27.2 Å². The van der Waals surface area contributed by atoms with Gasteiger partial charge in [-0.1, -0.05) is 0 Å². The number of aromatic nitrogens is 2. The molecule has 0 spiro atoms. The molecule has 2 rings (SSSR count). The highest BCUT2D eigenvalue weighted by Gasteiger charge is 2.33. The average Bonchev–Trinajstić information content (AvgIpc) is 2.67. The largest absolute Gasteiger partial charge is 0.477 e. The first kappa shape index (κ1) is 13.3. The van der Waals surface area contributed by atoms with E-state index in [1.807, 2.05) is 0 Å². The average molecular weight is 273 g/mol. The van der Waals surface area contributed by atoms with Gasteiger partial charge in [-0.25, -0.2) is 9.78 Å². The molecule has 0 fully saturated rings. The van der Waals surface area contributed by atoms with Gasteiger partial charge in [0.25, 0.3) is 0 Å². The maximum atomic E-state index is 12.5. The topological polar surface area (TPSA) is 81.1 Å². The number of aromatic carboxylic acids is 1. The van der Waals surface area contributed by atoms with E-state index in [4.69, 9.17) is 10.8 Å². The normalized spacial score (nSPS) is 12.0. The summed E-state index contributed by atoms with van der Waals surface area (Å²) in [5.41, 5.74) is 4.48. The maximum Gasteiger partial charge on any atom is 0.433 e. The van der Waals surface area contributed by atoms with Gasteiger partial charge in [0.15, 0.2) is 0 Å². The second-order valence-corrected chi connectivity index (χ2v) is 3.87. The standard InChI is InChI=1S/C11H10F3N3O2/c12-11(13,14)9-2-1-7-6(16-9)5-8(10(18)19)17(7)4-3-15/h1-2,5H,3-4,15H2,(H,18,19). The fourth-order valence-corrected chi connectivity index (χ4v) is 1.84. The minimum Gasteiger partial charge on any atom is -0.477 e. The highest BCUT2D eigenvalue weighted by molar-refractivity contribution is 5.93. The van der Waals surface area contributed by atoms with E-state index in [2.05, 4.69) is 4.98 Å². The number of carbonyl (C=O) groups is 1. The Hall–Kier alpha value is -2.09. The van der Waals surface area contributed by atoms with Gasteiger partial charge in [0.05, 0.1) is 11.0 Å². The van der Waals surface area contributed by atoms with Crippen LogP contribution in [0.25, 0.3) is 11.0 Å². The molecule has 8 heteroatoms. The number of halogens is 3. The van der Waals surface area contributed by atoms with Crippen molar-refractivity contribution in [2.45, 2.75) is 12.7 Å². The monoisotopic (exact) mass is 273 g/mol. The van der Waals surface area contributed by atoms with Crippen molar-refractivity contribution < 1.29 is 23.1 Å². The summed E-state index contributed by atoms with van der Waals surface area (Å²) in [4.78, 5) is 14.5. The number of pyridine rings is 1. The third kappa shape index (κ3) is 2.39. The molecule has 102 valence electrons. The summed E-state index contributed by atoms with van der Waals surface area (Å²) in [5, 5.41) is 9.01. The molecule has 0 amide bonds. The van der Waals surface area contributed by atoms with E-state index in [1.54, 1.807) is 0 Å². The second kappa shape index (κ2) is 4.54. The lowest BCUT2D eigenvalue weighted by molar-refractivity contribution is -0.140. The lowest BCUT2D eigenvalue weighted by Crippen LogP contribution is -2.15. The number of nitrogens with two attached hydrogens (primary N) is 1. The third-order valence-electron chi connectivity index (χ3n) is 2.62. The third-order valence-corrected chi connectivity index (χ3v) is 2.62. The Morgan fingerprint density at radius 1 is 1.42 bits per heavy atom. The molecule has 2 aromatic rings. The number of carboxylic acid groups (broad SMARTS) is 1. The number of alkyl halides is 3. The maximum absolute atomic E-state index is 12.5. The summed E-state index contributed by atoms with van der Waals surface area (Å²) < 4.78 is 38.9. The van der Waals surface area contributed by atoms with E-state index in [0.717, 1.165) is 12.1 Å². The quantitative estimate of drug-likeness (QED) is 0.892. The summed E-state index contributed by atoms with van der Waals surface area (Å²) >= 11 is 0. The Morgan fingerprint density at radius 2 is 2.11 bits per heavy atom. The molecule has 0 radical (unpaired) electrons. The molecular formula is C11H10F3N3O2. The molecule has 0 aromatic carbocycles. The minimum atomic E-state index is -4.56. The van der Waals surface area contributed by atoms with Gasteiger partial charge in [0.2, 0.25) is 0 Å². The molecule has 0 saturated carbocycles. The summed E-state index contributed by atoms with van der Waals surface area (Å²) in [5.74, 6) is -1.24. The van der Waals surface area contributed by atoms with Gasteiger partial charge in [0, 0.05) is 13.1 Å². The molecule has 19 heavy (non-hydrogen) atoms. The van der Waals surface area contributed by atoms with Gasteiger partial charge in [-0.05, 0) is 18.2 Å². The molecule has 0 bridgehead atoms. The number of rotatable bonds is 3. The van der Waals surface area contributed by atoms with Gasteiger partial charge in [-0.15, -0.1) is 0 Å². The summed E-state index contributed by atoms with van der Waals surface area (Å²) in [6, 6.07) is 3.14. The zero-order chi connectivity index (χ0) is 14.2. The second-order valence-electron chi connectivity index (χ2n) is 3.87. The number of hydrogen-bond acceptors (Lipinski definition) is 3. The van der Waals surface area contributed by atoms with Crippen LogP contribution in [0.2, 0.25) is 0 Å². The van der Waals surface area contributed by atoms with Crippen molar-refractivity contribution in [3.05, 3.63) is 29.6 Å². The first-order chi connectivity index (χ1) is 8.84. The van der Waals surface area contributed by atoms with Crippen molar-refractivity contribution in [1.29, 1.82) is 0 Å². The fraction of sp³-hybridized carbons (Fsp3) is 0.273. The predicted molar refractivity (Wildman–Crippen MR) is 60.7 cm³/mol. The Labute approximate surface area is 105 Å². The molecule has 0 unspecified atom stereocenters. The smallest absolute Gasteiger partial charge is 0.433 e. The molecule has 0 aliphatic heterocycles. The predicted octanol–water partition coefficient (Wildman–Crippen LogP) is 1.71. The van der Waals surface area contributed by atoms with Gasteiger partial charge < -0.3 is 15.4 Å². The fourth-order valence-electron chi connectivity index (χ4n) is 1.84. The minimum absolute atomic E-state index is 0.0133. The SMILES string of the molecule is NCCn1c(C(=O)O)cc2nc(C(F)(F)F)ccc21. The molecule has 0 saturated heterocycles. The van der Waals surface area contributed by atoms with Crippen LogP contribution in [0.4, 0.5) is 13.2 Å². The van der Waals surface area contributed by atoms with Crippen molar-refractivity contribution in [1.82, 2.24) is 9.55 Å². The van der Waals surface area contributed by atoms with E-state index < -0.39 is 17.8 Å². The van der Waals surface area contributed by atoms with E-state index in [9.17, 15) is 18.0 Å². The Morgan fingerprint density at radius 3 is 2.63 bits per heavy atom. The summed E-state index contributed by atoms with van der Waals surface area (Å²) in [7, 11) is 0. The molecule has 0 aliphatic rings. The number of carboxylic acids is 1. The van der Waals surface area contributed by atoms with Gasteiger partial charge >= 0.3 is 12.1 Å². The highest BCUT2D eigenvalue weighted by Crippen LogP contribution is 2.29. The van der Waals surface area contributed by atoms with Crippen molar-refractivity contribution >= 4 is 17.0 Å². The van der Waals surface area contributed by atoms with Crippen LogP contribution < -0.4 is 5.73 Å². The Balaban J connectivity index is 2.66. The molecule has 2 heterocycles. The first-order valence-corrected chi connectivity index (χ1v) is 5.35. The Bertz CT molecular complexity index is 634. The lowest BCUT2D eigenvalue weighted by atomic mass is 10.3. The highest BCUT2D eigenvalue weighted by atomic mass is 19.4. The number of nitrogens with zero attached hydrogens (tertiary/aromatic N) is 2. The summed E-state index contributed by atoms with van der Waals surface area (Å²) in [6.07, 6.45) is -4.56. The van der Waals surface area contributed by atoms with Gasteiger partial charge in [-0.3, -0.25) is 0 Å². The van der Waals surface area contributed by atoms with Crippen LogP contribution >= 0.6 is 0 Å². The van der Waals surface area contributed by atoms with Crippen molar-refractivity contribution in [2.75, 3.05) is 6.54 Å². The molecular weight excluding hydrogens is 263 g/mol. The van der Waals surface area contributed by atoms with E-state index in [1.165, 1.54) is 10.6 Å². The zero-order valence-electron chi connectivity index (χ0n) is 9.61. The van der Waals surface area contributed by atoms with E-state index in [-0.39, 0.29) is 24.3 Å². The number of hydrogen-bond donors (Lipinski definition) is 2. The summed E-state index contributed by atoms with van der Waals surface area (Å²) in [6.45, 7) is 0.364. The van der Waals surface area contributed by atoms with Crippen LogP contribution in [0.15, 0.2) is 18.2 Å². The van der Waals surface area contributed by atoms with Crippen molar-refractivity contribution in [3.63, 3.8) is 0 Å². The molecule has 0 aliphatic carbocycles. The molecule has 0 atom stereocenters. The van der Waals surface area contributed by atoms with Gasteiger partial charge in [0.1, 0.15) is 11.4 Å². The Kier molecular flexibility index (Phi) is 3.19. The van der Waals surface area contributed by atoms with Crippen molar-refractivity contribution in [3.8, 4) is 0 Å². The number of fused-ring (bicyclic) bond motifs is 1. The molecule has 3 N–H and O–H groups in total. The van der Waals surface area contributed by atoms with Crippen molar-refractivity contribution in [2.24, 2.45) is 5.73 Å². The first-order valence-electron chi connectivity index (χ1n) is 5.35. The zero-order valence-corrected chi connectivity index (χ0v) is 9.61. The van der Waals surface area contributed by atoms with E-state index in [0.29, 0.717) is 5.52 Å². The van der Waals surface area contributed by atoms with Gasteiger partial charge in [-0.2, -0.15) is 13.2 Å².